The molecule has 1 aliphatic rings. The molecule has 3 rings (SSSR count). The van der Waals surface area contributed by atoms with E-state index in [9.17, 15) is 0 Å². The standard InChI is InChI=1S/C24H34N2O2/c1-27-23-14-12-21(18-24(23)28-2)11-13-22-19-26(17-15-25-22)16-7-6-10-20-8-4-3-5-9-20/h3-5,8-9,12,14,18,22,25H,6-7,10-11,13,15-17,19H2,1-2H3. The van der Waals surface area contributed by atoms with E-state index in [1.807, 2.05) is 6.07 Å². The zero-order valence-electron chi connectivity index (χ0n) is 17.3. The van der Waals surface area contributed by atoms with Crippen LogP contribution < -0.4 is 14.8 Å². The van der Waals surface area contributed by atoms with E-state index in [4.69, 9.17) is 9.47 Å². The Morgan fingerprint density at radius 1 is 0.929 bits per heavy atom. The number of benzene rings is 2. The van der Waals surface area contributed by atoms with Crippen molar-refractivity contribution in [3.8, 4) is 11.5 Å². The van der Waals surface area contributed by atoms with E-state index >= 15 is 0 Å². The summed E-state index contributed by atoms with van der Waals surface area (Å²) in [5, 5.41) is 3.69. The van der Waals surface area contributed by atoms with Gasteiger partial charge in [0.2, 0.25) is 0 Å². The van der Waals surface area contributed by atoms with Gasteiger partial charge in [0.15, 0.2) is 11.5 Å². The van der Waals surface area contributed by atoms with Gasteiger partial charge in [0.25, 0.3) is 0 Å². The minimum absolute atomic E-state index is 0.566. The molecule has 1 N–H and O–H groups in total. The van der Waals surface area contributed by atoms with Gasteiger partial charge in [-0.1, -0.05) is 36.4 Å². The van der Waals surface area contributed by atoms with Crippen molar-refractivity contribution in [2.75, 3.05) is 40.4 Å². The molecule has 1 aliphatic heterocycles. The number of aryl methyl sites for hydroxylation is 2. The number of hydrogen-bond acceptors (Lipinski definition) is 4. The average Bonchev–Trinajstić information content (AvgIpc) is 2.76. The van der Waals surface area contributed by atoms with Crippen LogP contribution in [0.15, 0.2) is 48.5 Å². The fourth-order valence-electron chi connectivity index (χ4n) is 3.98. The monoisotopic (exact) mass is 382 g/mol. The first-order valence-corrected chi connectivity index (χ1v) is 10.5. The van der Waals surface area contributed by atoms with Crippen LogP contribution in [0.3, 0.4) is 0 Å². The van der Waals surface area contributed by atoms with Gasteiger partial charge in [-0.25, -0.2) is 0 Å². The highest BCUT2D eigenvalue weighted by Gasteiger charge is 2.18. The smallest absolute Gasteiger partial charge is 0.160 e. The second-order valence-corrected chi connectivity index (χ2v) is 7.62. The topological polar surface area (TPSA) is 33.7 Å². The number of nitrogens with one attached hydrogen (secondary N) is 1. The molecule has 0 amide bonds. The number of unbranched alkanes of at least 4 members (excludes halogenated alkanes) is 1. The van der Waals surface area contributed by atoms with E-state index in [1.165, 1.54) is 36.9 Å². The molecule has 1 saturated heterocycles. The summed E-state index contributed by atoms with van der Waals surface area (Å²) in [6, 6.07) is 17.6. The van der Waals surface area contributed by atoms with Gasteiger partial charge in [-0.15, -0.1) is 0 Å². The predicted molar refractivity (Wildman–Crippen MR) is 115 cm³/mol. The summed E-state index contributed by atoms with van der Waals surface area (Å²) in [5.41, 5.74) is 2.76. The van der Waals surface area contributed by atoms with Crippen LogP contribution in [0.2, 0.25) is 0 Å². The Hall–Kier alpha value is -2.04. The van der Waals surface area contributed by atoms with Crippen LogP contribution in [0, 0.1) is 0 Å². The Balaban J connectivity index is 1.38. The van der Waals surface area contributed by atoms with Crippen molar-refractivity contribution >= 4 is 0 Å². The molecular formula is C24H34N2O2. The Morgan fingerprint density at radius 3 is 2.54 bits per heavy atom. The molecule has 0 aromatic heterocycles. The lowest BCUT2D eigenvalue weighted by Gasteiger charge is -2.34. The Morgan fingerprint density at radius 2 is 1.75 bits per heavy atom. The summed E-state index contributed by atoms with van der Waals surface area (Å²) in [6.45, 7) is 4.62. The Labute approximate surface area is 169 Å². The van der Waals surface area contributed by atoms with Crippen molar-refractivity contribution in [2.45, 2.75) is 38.1 Å². The minimum atomic E-state index is 0.566. The number of ether oxygens (including phenoxy) is 2. The lowest BCUT2D eigenvalue weighted by molar-refractivity contribution is 0.191. The van der Waals surface area contributed by atoms with Crippen molar-refractivity contribution in [1.29, 1.82) is 0 Å². The third-order valence-corrected chi connectivity index (χ3v) is 5.60. The molecule has 2 aromatic rings. The molecule has 0 spiro atoms. The van der Waals surface area contributed by atoms with Crippen LogP contribution in [0.5, 0.6) is 11.5 Å². The molecule has 0 saturated carbocycles. The van der Waals surface area contributed by atoms with E-state index in [2.05, 4.69) is 52.7 Å². The summed E-state index contributed by atoms with van der Waals surface area (Å²) < 4.78 is 10.8. The number of hydrogen-bond donors (Lipinski definition) is 1. The molecule has 0 radical (unpaired) electrons. The normalized spacial score (nSPS) is 17.4. The zero-order chi connectivity index (χ0) is 19.6. The maximum atomic E-state index is 5.42. The molecule has 1 heterocycles. The lowest BCUT2D eigenvalue weighted by Crippen LogP contribution is -2.50. The molecule has 0 aliphatic carbocycles. The summed E-state index contributed by atoms with van der Waals surface area (Å²) in [7, 11) is 3.37. The highest BCUT2D eigenvalue weighted by Crippen LogP contribution is 2.28. The van der Waals surface area contributed by atoms with Gasteiger partial charge >= 0.3 is 0 Å². The van der Waals surface area contributed by atoms with Crippen molar-refractivity contribution < 1.29 is 9.47 Å². The molecule has 1 atom stereocenters. The average molecular weight is 383 g/mol. The van der Waals surface area contributed by atoms with Crippen LogP contribution in [-0.4, -0.2) is 51.3 Å². The van der Waals surface area contributed by atoms with Crippen molar-refractivity contribution in [3.63, 3.8) is 0 Å². The summed E-state index contributed by atoms with van der Waals surface area (Å²) >= 11 is 0. The third kappa shape index (κ3) is 6.25. The van der Waals surface area contributed by atoms with Gasteiger partial charge < -0.3 is 19.7 Å². The predicted octanol–water partition coefficient (Wildman–Crippen LogP) is 3.93. The maximum absolute atomic E-state index is 5.42. The molecule has 4 nitrogen and oxygen atoms in total. The zero-order valence-corrected chi connectivity index (χ0v) is 17.3. The molecule has 1 unspecified atom stereocenters. The van der Waals surface area contributed by atoms with Gasteiger partial charge in [0.1, 0.15) is 0 Å². The molecule has 2 aromatic carbocycles. The molecule has 28 heavy (non-hydrogen) atoms. The molecule has 152 valence electrons. The first kappa shape index (κ1) is 20.7. The SMILES string of the molecule is COc1ccc(CCC2CN(CCCCc3ccccc3)CCN2)cc1OC. The van der Waals surface area contributed by atoms with Gasteiger partial charge in [0.05, 0.1) is 14.2 Å². The lowest BCUT2D eigenvalue weighted by atomic mass is 10.0. The quantitative estimate of drug-likeness (QED) is 0.631. The summed E-state index contributed by atoms with van der Waals surface area (Å²) in [5.74, 6) is 1.61. The fraction of sp³-hybridized carbons (Fsp3) is 0.500. The summed E-state index contributed by atoms with van der Waals surface area (Å²) in [6.07, 6.45) is 5.94. The first-order valence-electron chi connectivity index (χ1n) is 10.5. The number of piperazine rings is 1. The second kappa shape index (κ2) is 11.1. The molecule has 1 fully saturated rings. The number of rotatable bonds is 10. The molecule has 4 heteroatoms. The van der Waals surface area contributed by atoms with E-state index in [-0.39, 0.29) is 0 Å². The van der Waals surface area contributed by atoms with Crippen molar-refractivity contribution in [3.05, 3.63) is 59.7 Å². The van der Waals surface area contributed by atoms with Gasteiger partial charge in [0, 0.05) is 25.7 Å². The summed E-state index contributed by atoms with van der Waals surface area (Å²) in [4.78, 5) is 2.63. The van der Waals surface area contributed by atoms with Crippen LogP contribution in [0.1, 0.15) is 30.4 Å². The Bertz CT molecular complexity index is 705. The van der Waals surface area contributed by atoms with E-state index in [0.717, 1.165) is 44.0 Å². The van der Waals surface area contributed by atoms with Crippen LogP contribution in [-0.2, 0) is 12.8 Å². The first-order chi connectivity index (χ1) is 13.8. The van der Waals surface area contributed by atoms with E-state index in [0.29, 0.717) is 6.04 Å². The van der Waals surface area contributed by atoms with Crippen LogP contribution in [0.25, 0.3) is 0 Å². The Kier molecular flexibility index (Phi) is 8.19. The van der Waals surface area contributed by atoms with Crippen LogP contribution >= 0.6 is 0 Å². The highest BCUT2D eigenvalue weighted by molar-refractivity contribution is 5.42. The highest BCUT2D eigenvalue weighted by atomic mass is 16.5. The van der Waals surface area contributed by atoms with Gasteiger partial charge in [-0.2, -0.15) is 0 Å². The largest absolute Gasteiger partial charge is 0.493 e. The molecule has 0 bridgehead atoms. The van der Waals surface area contributed by atoms with Crippen molar-refractivity contribution in [1.82, 2.24) is 10.2 Å². The van der Waals surface area contributed by atoms with Crippen molar-refractivity contribution in [2.24, 2.45) is 0 Å². The third-order valence-electron chi connectivity index (χ3n) is 5.60. The van der Waals surface area contributed by atoms with E-state index < -0.39 is 0 Å². The maximum Gasteiger partial charge on any atom is 0.160 e. The number of nitrogens with zero attached hydrogens (tertiary/aromatic N) is 1. The van der Waals surface area contributed by atoms with Crippen LogP contribution in [0.4, 0.5) is 0 Å². The minimum Gasteiger partial charge on any atom is -0.493 e. The van der Waals surface area contributed by atoms with E-state index in [1.54, 1.807) is 14.2 Å². The number of methoxy groups -OCH3 is 2. The molecular weight excluding hydrogens is 348 g/mol. The second-order valence-electron chi connectivity index (χ2n) is 7.62. The van der Waals surface area contributed by atoms with Gasteiger partial charge in [-0.05, 0) is 61.9 Å². The van der Waals surface area contributed by atoms with Gasteiger partial charge in [-0.3, -0.25) is 0 Å². The fourth-order valence-corrected chi connectivity index (χ4v) is 3.98.